The van der Waals surface area contributed by atoms with Gasteiger partial charge in [-0.15, -0.1) is 0 Å². The first-order chi connectivity index (χ1) is 16.4. The molecule has 1 amide bonds. The van der Waals surface area contributed by atoms with Crippen LogP contribution in [0.1, 0.15) is 37.7 Å². The number of aliphatic imine (C=N–C) groups is 1. The topological polar surface area (TPSA) is 106 Å². The average Bonchev–Trinajstić information content (AvgIpc) is 3.13. The molecule has 0 atom stereocenters. The third-order valence-electron chi connectivity index (χ3n) is 6.08. The van der Waals surface area contributed by atoms with E-state index in [-0.39, 0.29) is 16.8 Å². The normalized spacial score (nSPS) is 20.0. The molecule has 34 heavy (non-hydrogen) atoms. The molecule has 2 aromatic carbocycles. The van der Waals surface area contributed by atoms with Crippen LogP contribution in [0.15, 0.2) is 75.6 Å². The molecule has 0 spiro atoms. The molecule has 2 aliphatic rings. The Morgan fingerprint density at radius 2 is 1.79 bits per heavy atom. The number of rotatable bonds is 4. The Morgan fingerprint density at radius 1 is 1.06 bits per heavy atom. The Morgan fingerprint density at radius 3 is 2.53 bits per heavy atom. The van der Waals surface area contributed by atoms with Crippen LogP contribution in [0.5, 0.6) is 0 Å². The van der Waals surface area contributed by atoms with Crippen LogP contribution in [0.25, 0.3) is 17.0 Å². The summed E-state index contributed by atoms with van der Waals surface area (Å²) in [5.74, 6) is -0.0510. The lowest BCUT2D eigenvalue weighted by atomic mass is 9.94. The van der Waals surface area contributed by atoms with Crippen LogP contribution < -0.4 is 5.14 Å². The van der Waals surface area contributed by atoms with Crippen molar-refractivity contribution in [1.82, 2.24) is 9.88 Å². The number of sulfonamides is 1. The Labute approximate surface area is 202 Å². The zero-order chi connectivity index (χ0) is 23.7. The minimum Gasteiger partial charge on any atom is -0.283 e. The van der Waals surface area contributed by atoms with Crippen LogP contribution >= 0.6 is 11.8 Å². The minimum absolute atomic E-state index is 0.0279. The van der Waals surface area contributed by atoms with Gasteiger partial charge in [-0.2, -0.15) is 0 Å². The van der Waals surface area contributed by atoms with E-state index in [4.69, 9.17) is 10.1 Å². The molecule has 3 aromatic rings. The zero-order valence-corrected chi connectivity index (χ0v) is 20.1. The number of hydrogen-bond donors (Lipinski definition) is 1. The molecule has 2 N–H and O–H groups in total. The van der Waals surface area contributed by atoms with Gasteiger partial charge in [0, 0.05) is 17.6 Å². The summed E-state index contributed by atoms with van der Waals surface area (Å²) >= 11 is 1.34. The molecule has 2 heterocycles. The van der Waals surface area contributed by atoms with Gasteiger partial charge in [0.15, 0.2) is 5.17 Å². The predicted molar refractivity (Wildman–Crippen MR) is 136 cm³/mol. The Bertz CT molecular complexity index is 1410. The number of pyridine rings is 1. The van der Waals surface area contributed by atoms with Crippen molar-refractivity contribution >= 4 is 55.5 Å². The smallest absolute Gasteiger partial charge is 0.267 e. The van der Waals surface area contributed by atoms with Crippen molar-refractivity contribution in [3.8, 4) is 0 Å². The van der Waals surface area contributed by atoms with Crippen molar-refractivity contribution in [1.29, 1.82) is 0 Å². The van der Waals surface area contributed by atoms with Crippen molar-refractivity contribution in [2.45, 2.75) is 43.0 Å². The van der Waals surface area contributed by atoms with E-state index in [1.807, 2.05) is 41.3 Å². The van der Waals surface area contributed by atoms with Gasteiger partial charge in [0.05, 0.1) is 21.0 Å². The van der Waals surface area contributed by atoms with Crippen molar-refractivity contribution < 1.29 is 13.2 Å². The lowest BCUT2D eigenvalue weighted by molar-refractivity contribution is -0.124. The highest BCUT2D eigenvalue weighted by Gasteiger charge is 2.38. The first-order valence-corrected chi connectivity index (χ1v) is 13.5. The van der Waals surface area contributed by atoms with Gasteiger partial charge in [0.1, 0.15) is 0 Å². The molecule has 2 fully saturated rings. The second-order valence-corrected chi connectivity index (χ2v) is 11.0. The van der Waals surface area contributed by atoms with E-state index in [0.29, 0.717) is 15.8 Å². The fourth-order valence-electron chi connectivity index (χ4n) is 4.37. The van der Waals surface area contributed by atoms with Crippen LogP contribution in [-0.4, -0.2) is 35.4 Å². The number of nitrogens with two attached hydrogens (primary N) is 1. The van der Waals surface area contributed by atoms with Crippen LogP contribution in [0.3, 0.4) is 0 Å². The fraction of sp³-hybridized carbons (Fsp3) is 0.240. The summed E-state index contributed by atoms with van der Waals surface area (Å²) in [5, 5.41) is 6.83. The predicted octanol–water partition coefficient (Wildman–Crippen LogP) is 4.82. The number of hydrogen-bond acceptors (Lipinski definition) is 6. The fourth-order valence-corrected chi connectivity index (χ4v) is 5.94. The molecule has 174 valence electrons. The average molecular weight is 493 g/mol. The number of nitrogens with zero attached hydrogens (tertiary/aromatic N) is 3. The van der Waals surface area contributed by atoms with E-state index in [2.05, 4.69) is 4.98 Å². The summed E-state index contributed by atoms with van der Waals surface area (Å²) < 4.78 is 23.1. The van der Waals surface area contributed by atoms with E-state index < -0.39 is 10.0 Å². The number of carbonyl (C=O) groups excluding carboxylic acids is 1. The van der Waals surface area contributed by atoms with Gasteiger partial charge in [0.2, 0.25) is 10.0 Å². The first kappa shape index (κ1) is 22.8. The summed E-state index contributed by atoms with van der Waals surface area (Å²) in [6.45, 7) is 0. The second-order valence-electron chi connectivity index (χ2n) is 8.47. The SMILES string of the molecule is NS(=O)(=O)c1ccc(/N=C2\SC(=Cc3cnc4ccccc4c3)C(=O)N2C2CCCCC2)cc1. The second kappa shape index (κ2) is 9.32. The number of benzene rings is 2. The lowest BCUT2D eigenvalue weighted by Gasteiger charge is -2.30. The van der Waals surface area contributed by atoms with Gasteiger partial charge >= 0.3 is 0 Å². The number of fused-ring (bicyclic) bond motifs is 1. The standard InChI is InChI=1S/C25H24N4O3S2/c26-34(31,32)21-12-10-19(11-13-21)28-25-29(20-7-2-1-3-8-20)24(30)23(33-25)15-17-14-18-6-4-5-9-22(18)27-16-17/h4-6,9-16,20H,1-3,7-8H2,(H2,26,31,32)/b23-15?,28-25-. The summed E-state index contributed by atoms with van der Waals surface area (Å²) in [4.78, 5) is 25.2. The van der Waals surface area contributed by atoms with Gasteiger partial charge < -0.3 is 0 Å². The van der Waals surface area contributed by atoms with Gasteiger partial charge in [-0.25, -0.2) is 18.5 Å². The number of primary sulfonamides is 1. The highest BCUT2D eigenvalue weighted by molar-refractivity contribution is 8.18. The molecule has 0 unspecified atom stereocenters. The van der Waals surface area contributed by atoms with E-state index in [1.165, 1.54) is 30.3 Å². The van der Waals surface area contributed by atoms with E-state index in [1.54, 1.807) is 18.3 Å². The summed E-state index contributed by atoms with van der Waals surface area (Å²) in [6.07, 6.45) is 8.88. The van der Waals surface area contributed by atoms with E-state index >= 15 is 0 Å². The maximum Gasteiger partial charge on any atom is 0.267 e. The monoisotopic (exact) mass is 492 g/mol. The van der Waals surface area contributed by atoms with Crippen LogP contribution in [0.2, 0.25) is 0 Å². The molecule has 1 aromatic heterocycles. The number of carbonyl (C=O) groups is 1. The van der Waals surface area contributed by atoms with Gasteiger partial charge in [-0.1, -0.05) is 37.5 Å². The highest BCUT2D eigenvalue weighted by Crippen LogP contribution is 2.38. The van der Waals surface area contributed by atoms with Crippen LogP contribution in [0.4, 0.5) is 5.69 Å². The van der Waals surface area contributed by atoms with Gasteiger partial charge in [-0.3, -0.25) is 14.7 Å². The van der Waals surface area contributed by atoms with Crippen LogP contribution in [0, 0.1) is 0 Å². The maximum atomic E-state index is 13.5. The van der Waals surface area contributed by atoms with Crippen LogP contribution in [-0.2, 0) is 14.8 Å². The van der Waals surface area contributed by atoms with E-state index in [9.17, 15) is 13.2 Å². The molecule has 1 aliphatic heterocycles. The summed E-state index contributed by atoms with van der Waals surface area (Å²) in [5.41, 5.74) is 2.33. The largest absolute Gasteiger partial charge is 0.283 e. The molecule has 5 rings (SSSR count). The molecule has 1 saturated carbocycles. The van der Waals surface area contributed by atoms with E-state index in [0.717, 1.165) is 42.1 Å². The third kappa shape index (κ3) is 4.77. The van der Waals surface area contributed by atoms with Gasteiger partial charge in [-0.05, 0) is 72.6 Å². The Hall–Kier alpha value is -3.01. The Kier molecular flexibility index (Phi) is 6.24. The number of amidine groups is 1. The Balaban J connectivity index is 1.50. The number of amides is 1. The molecule has 7 nitrogen and oxygen atoms in total. The molecule has 9 heteroatoms. The molecular weight excluding hydrogens is 468 g/mol. The maximum absolute atomic E-state index is 13.5. The summed E-state index contributed by atoms with van der Waals surface area (Å²) in [6, 6.07) is 16.1. The lowest BCUT2D eigenvalue weighted by Crippen LogP contribution is -2.40. The summed E-state index contributed by atoms with van der Waals surface area (Å²) in [7, 11) is -3.78. The molecular formula is C25H24N4O3S2. The quantitative estimate of drug-likeness (QED) is 0.526. The molecule has 0 bridgehead atoms. The van der Waals surface area contributed by atoms with Crippen molar-refractivity contribution in [3.63, 3.8) is 0 Å². The highest BCUT2D eigenvalue weighted by atomic mass is 32.2. The minimum atomic E-state index is -3.78. The molecule has 1 aliphatic carbocycles. The van der Waals surface area contributed by atoms with Gasteiger partial charge in [0.25, 0.3) is 5.91 Å². The zero-order valence-electron chi connectivity index (χ0n) is 18.4. The van der Waals surface area contributed by atoms with Crippen molar-refractivity contribution in [2.24, 2.45) is 10.1 Å². The first-order valence-electron chi connectivity index (χ1n) is 11.2. The number of aromatic nitrogens is 1. The van der Waals surface area contributed by atoms with Crippen molar-refractivity contribution in [2.75, 3.05) is 0 Å². The number of thioether (sulfide) groups is 1. The third-order valence-corrected chi connectivity index (χ3v) is 7.99. The molecule has 1 saturated heterocycles. The van der Waals surface area contributed by atoms with Crippen molar-refractivity contribution in [3.05, 3.63) is 71.3 Å². The molecule has 0 radical (unpaired) electrons. The number of para-hydroxylation sites is 1.